The molecule has 3 aliphatic carbocycles. The summed E-state index contributed by atoms with van der Waals surface area (Å²) in [5.41, 5.74) is 1.05. The monoisotopic (exact) mass is 253 g/mol. The van der Waals surface area contributed by atoms with Gasteiger partial charge >= 0.3 is 6.09 Å². The predicted molar refractivity (Wildman–Crippen MR) is 72.6 cm³/mol. The molecule has 2 bridgehead atoms. The van der Waals surface area contributed by atoms with Crippen molar-refractivity contribution in [3.63, 3.8) is 0 Å². The van der Waals surface area contributed by atoms with Crippen molar-refractivity contribution in [1.29, 1.82) is 0 Å². The van der Waals surface area contributed by atoms with Crippen LogP contribution in [0.2, 0.25) is 0 Å². The molecule has 0 aromatic heterocycles. The zero-order chi connectivity index (χ0) is 13.4. The van der Waals surface area contributed by atoms with Crippen molar-refractivity contribution in [3.8, 4) is 0 Å². The average molecular weight is 253 g/mol. The van der Waals surface area contributed by atoms with E-state index in [1.165, 1.54) is 25.7 Å². The fourth-order valence-corrected chi connectivity index (χ4v) is 4.69. The maximum atomic E-state index is 10.4. The molecule has 3 fully saturated rings. The minimum atomic E-state index is -0.900. The molecule has 18 heavy (non-hydrogen) atoms. The van der Waals surface area contributed by atoms with Gasteiger partial charge in [-0.25, -0.2) is 4.79 Å². The number of unbranched alkanes of at least 4 members (excludes halogenated alkanes) is 1. The third-order valence-electron chi connectivity index (χ3n) is 6.13. The maximum absolute atomic E-state index is 10.4. The summed E-state index contributed by atoms with van der Waals surface area (Å²) in [5.74, 6) is 1.77. The lowest BCUT2D eigenvalue weighted by Crippen LogP contribution is -2.61. The zero-order valence-corrected chi connectivity index (χ0v) is 12.0. The average Bonchev–Trinajstić information content (AvgIpc) is 2.29. The predicted octanol–water partition coefficient (Wildman–Crippen LogP) is 3.89. The highest BCUT2D eigenvalue weighted by Gasteiger charge is 2.63. The van der Waals surface area contributed by atoms with Crippen molar-refractivity contribution in [2.45, 2.75) is 59.3 Å². The Morgan fingerprint density at radius 1 is 1.33 bits per heavy atom. The third kappa shape index (κ3) is 2.02. The molecule has 3 atom stereocenters. The van der Waals surface area contributed by atoms with Gasteiger partial charge in [0.25, 0.3) is 0 Å². The van der Waals surface area contributed by atoms with Crippen molar-refractivity contribution in [1.82, 2.24) is 5.32 Å². The number of amides is 1. The van der Waals surface area contributed by atoms with Crippen molar-refractivity contribution in [2.24, 2.45) is 22.7 Å². The van der Waals surface area contributed by atoms with Crippen LogP contribution < -0.4 is 5.32 Å². The van der Waals surface area contributed by atoms with Crippen LogP contribution in [0.25, 0.3) is 0 Å². The second-order valence-electron chi connectivity index (χ2n) is 6.95. The van der Waals surface area contributed by atoms with Crippen LogP contribution in [0.3, 0.4) is 0 Å². The summed E-state index contributed by atoms with van der Waals surface area (Å²) in [7, 11) is 0. The normalized spacial score (nSPS) is 36.8. The molecular formula is C15H27NO2. The largest absolute Gasteiger partial charge is 0.465 e. The second-order valence-corrected chi connectivity index (χ2v) is 6.95. The zero-order valence-electron chi connectivity index (χ0n) is 12.0. The van der Waals surface area contributed by atoms with Gasteiger partial charge in [0, 0.05) is 6.54 Å². The molecule has 0 aromatic rings. The summed E-state index contributed by atoms with van der Waals surface area (Å²) >= 11 is 0. The molecule has 2 N–H and O–H groups in total. The Hall–Kier alpha value is -0.730. The summed E-state index contributed by atoms with van der Waals surface area (Å²) in [5, 5.41) is 11.0. The van der Waals surface area contributed by atoms with Crippen LogP contribution in [-0.2, 0) is 0 Å². The summed E-state index contributed by atoms with van der Waals surface area (Å²) in [6, 6.07) is 0. The molecule has 0 spiro atoms. The number of hydrogen-bond donors (Lipinski definition) is 2. The topological polar surface area (TPSA) is 49.3 Å². The van der Waals surface area contributed by atoms with E-state index in [9.17, 15) is 4.79 Å². The standard InChI is InChI=1S/C15H27NO2/c1-11-6-7-12-10-15(11,14(12,2)3)8-4-5-9-16-13(17)18/h11-12,16H,4-10H2,1-3H3,(H,17,18). The van der Waals surface area contributed by atoms with E-state index in [2.05, 4.69) is 26.1 Å². The molecule has 3 nitrogen and oxygen atoms in total. The van der Waals surface area contributed by atoms with E-state index >= 15 is 0 Å². The summed E-state index contributed by atoms with van der Waals surface area (Å²) < 4.78 is 0. The van der Waals surface area contributed by atoms with E-state index in [4.69, 9.17) is 5.11 Å². The Bertz CT molecular complexity index is 326. The fourth-order valence-electron chi connectivity index (χ4n) is 4.69. The molecule has 0 heterocycles. The van der Waals surface area contributed by atoms with Crippen LogP contribution >= 0.6 is 0 Å². The van der Waals surface area contributed by atoms with Gasteiger partial charge in [-0.15, -0.1) is 0 Å². The first-order chi connectivity index (χ1) is 8.40. The van der Waals surface area contributed by atoms with E-state index < -0.39 is 6.09 Å². The molecule has 0 aliphatic heterocycles. The van der Waals surface area contributed by atoms with E-state index in [0.29, 0.717) is 17.4 Å². The van der Waals surface area contributed by atoms with Crippen LogP contribution in [0.4, 0.5) is 4.79 Å². The van der Waals surface area contributed by atoms with Crippen molar-refractivity contribution in [2.75, 3.05) is 6.54 Å². The van der Waals surface area contributed by atoms with Gasteiger partial charge in [0.05, 0.1) is 0 Å². The molecule has 0 saturated heterocycles. The maximum Gasteiger partial charge on any atom is 0.404 e. The number of fused-ring (bicyclic) bond motifs is 2. The highest BCUT2D eigenvalue weighted by Crippen LogP contribution is 2.71. The van der Waals surface area contributed by atoms with E-state index in [1.807, 2.05) is 0 Å². The van der Waals surface area contributed by atoms with Crippen LogP contribution in [0, 0.1) is 22.7 Å². The van der Waals surface area contributed by atoms with Gasteiger partial charge in [0.15, 0.2) is 0 Å². The molecular weight excluding hydrogens is 226 g/mol. The Morgan fingerprint density at radius 2 is 2.06 bits per heavy atom. The number of rotatable bonds is 5. The molecule has 0 radical (unpaired) electrons. The smallest absolute Gasteiger partial charge is 0.404 e. The van der Waals surface area contributed by atoms with Crippen molar-refractivity contribution >= 4 is 6.09 Å². The Kier molecular flexibility index (Phi) is 3.61. The summed E-state index contributed by atoms with van der Waals surface area (Å²) in [6.45, 7) is 7.93. The lowest BCUT2D eigenvalue weighted by molar-refractivity contribution is -0.199. The Morgan fingerprint density at radius 3 is 2.61 bits per heavy atom. The van der Waals surface area contributed by atoms with Gasteiger partial charge in [-0.3, -0.25) is 0 Å². The van der Waals surface area contributed by atoms with E-state index in [1.54, 1.807) is 0 Å². The first-order valence-corrected chi connectivity index (χ1v) is 7.37. The van der Waals surface area contributed by atoms with Crippen LogP contribution in [0.1, 0.15) is 59.3 Å². The minimum Gasteiger partial charge on any atom is -0.465 e. The number of hydrogen-bond acceptors (Lipinski definition) is 1. The molecule has 3 aliphatic rings. The summed E-state index contributed by atoms with van der Waals surface area (Å²) in [4.78, 5) is 10.4. The number of nitrogens with one attached hydrogen (secondary N) is 1. The SMILES string of the molecule is CC1CCC2CC1(CCCCNC(=O)O)C2(C)C. The minimum absolute atomic E-state index is 0.505. The van der Waals surface area contributed by atoms with Crippen molar-refractivity contribution in [3.05, 3.63) is 0 Å². The van der Waals surface area contributed by atoms with Crippen LogP contribution in [0.5, 0.6) is 0 Å². The molecule has 3 unspecified atom stereocenters. The molecule has 3 rings (SSSR count). The lowest BCUT2D eigenvalue weighted by atomic mass is 9.36. The Labute approximate surface area is 110 Å². The van der Waals surface area contributed by atoms with Gasteiger partial charge in [-0.05, 0) is 54.8 Å². The van der Waals surface area contributed by atoms with Gasteiger partial charge in [0.1, 0.15) is 0 Å². The highest BCUT2D eigenvalue weighted by atomic mass is 16.4. The second kappa shape index (κ2) is 4.75. The summed E-state index contributed by atoms with van der Waals surface area (Å²) in [6.07, 6.45) is 6.72. The highest BCUT2D eigenvalue weighted by molar-refractivity contribution is 5.64. The van der Waals surface area contributed by atoms with E-state index in [-0.39, 0.29) is 0 Å². The van der Waals surface area contributed by atoms with Gasteiger partial charge < -0.3 is 10.4 Å². The quantitative estimate of drug-likeness (QED) is 0.730. The molecule has 1 amide bonds. The molecule has 3 saturated carbocycles. The first-order valence-electron chi connectivity index (χ1n) is 7.37. The lowest BCUT2D eigenvalue weighted by Gasteiger charge is -2.69. The van der Waals surface area contributed by atoms with Crippen molar-refractivity contribution < 1.29 is 9.90 Å². The number of carbonyl (C=O) groups is 1. The van der Waals surface area contributed by atoms with Crippen LogP contribution in [0.15, 0.2) is 0 Å². The third-order valence-corrected chi connectivity index (χ3v) is 6.13. The molecule has 0 aromatic carbocycles. The van der Waals surface area contributed by atoms with Crippen LogP contribution in [-0.4, -0.2) is 17.7 Å². The Balaban J connectivity index is 1.82. The first kappa shape index (κ1) is 13.7. The molecule has 104 valence electrons. The van der Waals surface area contributed by atoms with E-state index in [0.717, 1.165) is 24.7 Å². The number of carboxylic acid groups (broad SMARTS) is 1. The fraction of sp³-hybridized carbons (Fsp3) is 0.933. The molecule has 3 heteroatoms. The van der Waals surface area contributed by atoms with Gasteiger partial charge in [-0.1, -0.05) is 27.2 Å². The van der Waals surface area contributed by atoms with Gasteiger partial charge in [-0.2, -0.15) is 0 Å². The van der Waals surface area contributed by atoms with Gasteiger partial charge in [0.2, 0.25) is 0 Å².